The van der Waals surface area contributed by atoms with Crippen molar-refractivity contribution in [3.8, 4) is 22.3 Å². The van der Waals surface area contributed by atoms with Crippen LogP contribution >= 0.6 is 0 Å². The quantitative estimate of drug-likeness (QED) is 0.141. The second-order valence-electron chi connectivity index (χ2n) is 13.2. The van der Waals surface area contributed by atoms with E-state index in [4.69, 9.17) is 4.99 Å². The Morgan fingerprint density at radius 3 is 1.96 bits per heavy atom. The summed E-state index contributed by atoms with van der Waals surface area (Å²) in [5.41, 5.74) is 12.4. The summed E-state index contributed by atoms with van der Waals surface area (Å²) in [4.78, 5) is 4.96. The van der Waals surface area contributed by atoms with E-state index in [1.807, 2.05) is 0 Å². The number of nitrogens with zero attached hydrogens (tertiary/aromatic N) is 2. The van der Waals surface area contributed by atoms with E-state index < -0.39 is 0 Å². The number of fused-ring (bicyclic) bond motifs is 10. The van der Waals surface area contributed by atoms with Crippen LogP contribution in [0.1, 0.15) is 36.1 Å². The number of hydrogen-bond acceptors (Lipinski definition) is 1. The molecule has 2 heteroatoms. The SMILES string of the molecule is C=C/N=C(\c1ccccc1C)n1c2ccccc2c2c3ccccc3c(-c3cc4c(c5ccccc35)-c3ccccc3C4(C)C)cc21. The van der Waals surface area contributed by atoms with Gasteiger partial charge in [0.25, 0.3) is 0 Å². The molecule has 0 saturated heterocycles. The van der Waals surface area contributed by atoms with E-state index in [1.165, 1.54) is 71.3 Å². The van der Waals surface area contributed by atoms with Gasteiger partial charge in [-0.3, -0.25) is 4.57 Å². The Bertz CT molecular complexity index is 2630. The third-order valence-electron chi connectivity index (χ3n) is 10.4. The Morgan fingerprint density at radius 2 is 1.19 bits per heavy atom. The number of aromatic nitrogens is 1. The van der Waals surface area contributed by atoms with Gasteiger partial charge in [0.1, 0.15) is 5.84 Å². The van der Waals surface area contributed by atoms with Crippen LogP contribution in [0.2, 0.25) is 0 Å². The molecule has 224 valence electrons. The average Bonchev–Trinajstić information content (AvgIpc) is 3.55. The zero-order chi connectivity index (χ0) is 31.9. The van der Waals surface area contributed by atoms with E-state index >= 15 is 0 Å². The fraction of sp³-hybridized carbons (Fsp3) is 0.0889. The molecule has 0 aliphatic heterocycles. The molecule has 0 spiro atoms. The molecule has 0 saturated carbocycles. The topological polar surface area (TPSA) is 17.3 Å². The molecule has 2 nitrogen and oxygen atoms in total. The molecule has 0 atom stereocenters. The van der Waals surface area contributed by atoms with E-state index in [-0.39, 0.29) is 5.41 Å². The summed E-state index contributed by atoms with van der Waals surface area (Å²) in [6.45, 7) is 10.9. The molecule has 47 heavy (non-hydrogen) atoms. The molecule has 1 aliphatic carbocycles. The van der Waals surface area contributed by atoms with Crippen LogP contribution in [0.4, 0.5) is 0 Å². The first-order valence-electron chi connectivity index (χ1n) is 16.4. The fourth-order valence-corrected chi connectivity index (χ4v) is 8.21. The lowest BCUT2D eigenvalue weighted by Gasteiger charge is -2.23. The summed E-state index contributed by atoms with van der Waals surface area (Å²) in [5, 5.41) is 7.51. The molecule has 0 radical (unpaired) electrons. The van der Waals surface area contributed by atoms with E-state index in [0.717, 1.165) is 22.4 Å². The van der Waals surface area contributed by atoms with Gasteiger partial charge in [-0.05, 0) is 85.6 Å². The van der Waals surface area contributed by atoms with Gasteiger partial charge in [0.2, 0.25) is 0 Å². The number of rotatable bonds is 3. The van der Waals surface area contributed by atoms with E-state index in [1.54, 1.807) is 6.20 Å². The molecule has 0 bridgehead atoms. The highest BCUT2D eigenvalue weighted by molar-refractivity contribution is 6.28. The van der Waals surface area contributed by atoms with Gasteiger partial charge < -0.3 is 0 Å². The van der Waals surface area contributed by atoms with Crippen molar-refractivity contribution in [2.75, 3.05) is 0 Å². The Hall–Kier alpha value is -5.73. The van der Waals surface area contributed by atoms with Crippen molar-refractivity contribution in [1.29, 1.82) is 0 Å². The van der Waals surface area contributed by atoms with Crippen molar-refractivity contribution >= 4 is 49.2 Å². The third kappa shape index (κ3) is 3.82. The summed E-state index contributed by atoms with van der Waals surface area (Å²) in [7, 11) is 0. The van der Waals surface area contributed by atoms with Crippen molar-refractivity contribution < 1.29 is 0 Å². The van der Waals surface area contributed by atoms with Crippen LogP contribution in [0.3, 0.4) is 0 Å². The lowest BCUT2D eigenvalue weighted by Crippen LogP contribution is -2.15. The third-order valence-corrected chi connectivity index (χ3v) is 10.4. The smallest absolute Gasteiger partial charge is 0.145 e. The first-order valence-corrected chi connectivity index (χ1v) is 16.4. The number of para-hydroxylation sites is 1. The van der Waals surface area contributed by atoms with Crippen LogP contribution in [0.5, 0.6) is 0 Å². The first-order chi connectivity index (χ1) is 23.0. The van der Waals surface area contributed by atoms with Crippen molar-refractivity contribution in [3.63, 3.8) is 0 Å². The highest BCUT2D eigenvalue weighted by atomic mass is 15.1. The average molecular weight is 603 g/mol. The van der Waals surface area contributed by atoms with Crippen molar-refractivity contribution in [1.82, 2.24) is 4.57 Å². The maximum Gasteiger partial charge on any atom is 0.145 e. The molecule has 9 rings (SSSR count). The summed E-state index contributed by atoms with van der Waals surface area (Å²) < 4.78 is 2.35. The first kappa shape index (κ1) is 27.6. The van der Waals surface area contributed by atoms with Gasteiger partial charge >= 0.3 is 0 Å². The second kappa shape index (κ2) is 10.1. The van der Waals surface area contributed by atoms with Crippen LogP contribution in [-0.2, 0) is 5.41 Å². The van der Waals surface area contributed by atoms with Gasteiger partial charge in [-0.25, -0.2) is 4.99 Å². The molecule has 0 N–H and O–H groups in total. The molecule has 0 amide bonds. The largest absolute Gasteiger partial charge is 0.293 e. The minimum absolute atomic E-state index is 0.117. The summed E-state index contributed by atoms with van der Waals surface area (Å²) >= 11 is 0. The summed E-state index contributed by atoms with van der Waals surface area (Å²) in [6.07, 6.45) is 1.66. The van der Waals surface area contributed by atoms with Crippen LogP contribution in [0.25, 0.3) is 65.6 Å². The predicted octanol–water partition coefficient (Wildman–Crippen LogP) is 11.8. The number of benzene rings is 7. The van der Waals surface area contributed by atoms with Crippen LogP contribution < -0.4 is 0 Å². The monoisotopic (exact) mass is 602 g/mol. The van der Waals surface area contributed by atoms with Crippen molar-refractivity contribution in [2.24, 2.45) is 4.99 Å². The number of hydrogen-bond donors (Lipinski definition) is 0. The maximum atomic E-state index is 4.96. The zero-order valence-corrected chi connectivity index (χ0v) is 26.9. The minimum atomic E-state index is -0.117. The van der Waals surface area contributed by atoms with Gasteiger partial charge in [-0.2, -0.15) is 0 Å². The summed E-state index contributed by atoms with van der Waals surface area (Å²) in [5.74, 6) is 0.876. The minimum Gasteiger partial charge on any atom is -0.293 e. The predicted molar refractivity (Wildman–Crippen MR) is 201 cm³/mol. The Morgan fingerprint density at radius 1 is 0.596 bits per heavy atom. The summed E-state index contributed by atoms with van der Waals surface area (Å²) in [6, 6.07) is 48.9. The molecule has 0 unspecified atom stereocenters. The Balaban J connectivity index is 1.46. The lowest BCUT2D eigenvalue weighted by atomic mass is 9.80. The maximum absolute atomic E-state index is 4.96. The van der Waals surface area contributed by atoms with Gasteiger partial charge in [-0.15, -0.1) is 0 Å². The van der Waals surface area contributed by atoms with Gasteiger partial charge in [-0.1, -0.05) is 136 Å². The molecule has 1 aliphatic rings. The van der Waals surface area contributed by atoms with Gasteiger partial charge in [0, 0.05) is 28.0 Å². The van der Waals surface area contributed by atoms with Gasteiger partial charge in [0.05, 0.1) is 11.0 Å². The molecule has 1 heterocycles. The van der Waals surface area contributed by atoms with E-state index in [9.17, 15) is 0 Å². The normalized spacial score (nSPS) is 13.8. The Labute approximate surface area is 275 Å². The van der Waals surface area contributed by atoms with Gasteiger partial charge in [0.15, 0.2) is 0 Å². The van der Waals surface area contributed by atoms with E-state index in [2.05, 4.69) is 165 Å². The van der Waals surface area contributed by atoms with Crippen molar-refractivity contribution in [3.05, 3.63) is 168 Å². The molecule has 1 aromatic heterocycles. The van der Waals surface area contributed by atoms with Crippen LogP contribution in [0.15, 0.2) is 151 Å². The molecule has 7 aromatic carbocycles. The number of aliphatic imine (C=N–C) groups is 1. The lowest BCUT2D eigenvalue weighted by molar-refractivity contribution is 0.661. The van der Waals surface area contributed by atoms with Crippen LogP contribution in [0, 0.1) is 6.92 Å². The highest BCUT2D eigenvalue weighted by Gasteiger charge is 2.37. The van der Waals surface area contributed by atoms with Crippen molar-refractivity contribution in [2.45, 2.75) is 26.2 Å². The van der Waals surface area contributed by atoms with Crippen LogP contribution in [-0.4, -0.2) is 10.4 Å². The second-order valence-corrected chi connectivity index (χ2v) is 13.2. The standard InChI is InChI=1S/C45H34N2/c1-5-46-44(29-17-7-6-16-28(29)2)47-40-25-15-13-23-35(40)43-33-21-11-9-19-31(33)37(27-41(43)47)36-26-39-42(32-20-10-8-18-30(32)36)34-22-12-14-24-38(34)45(39,3)4/h5-27H,1H2,2-4H3/b46-44+. The van der Waals surface area contributed by atoms with E-state index in [0.29, 0.717) is 0 Å². The molecule has 8 aromatic rings. The fourth-order valence-electron chi connectivity index (χ4n) is 8.21. The molecular formula is C45H34N2. The molecule has 0 fully saturated rings. The Kier molecular flexibility index (Phi) is 5.95. The molecular weight excluding hydrogens is 569 g/mol. The zero-order valence-electron chi connectivity index (χ0n) is 26.9. The number of aryl methyl sites for hydroxylation is 1. The highest BCUT2D eigenvalue weighted by Crippen LogP contribution is 2.54.